The molecule has 2 heterocycles. The Labute approximate surface area is 167 Å². The number of nitrogens with zero attached hydrogens (tertiary/aromatic N) is 2. The minimum absolute atomic E-state index is 0.201. The highest BCUT2D eigenvalue weighted by Gasteiger charge is 2.47. The lowest BCUT2D eigenvalue weighted by molar-refractivity contribution is -0.156. The van der Waals surface area contributed by atoms with Crippen LogP contribution in [0.2, 0.25) is 0 Å². The molecule has 0 spiro atoms. The predicted octanol–water partition coefficient (Wildman–Crippen LogP) is 5.15. The molecular formula is C22H21BrN2O2. The molecule has 3 aromatic rings. The van der Waals surface area contributed by atoms with Gasteiger partial charge >= 0.3 is 5.97 Å². The minimum Gasteiger partial charge on any atom is -0.460 e. The summed E-state index contributed by atoms with van der Waals surface area (Å²) >= 11 is 3.51. The van der Waals surface area contributed by atoms with Gasteiger partial charge in [0.05, 0.1) is 6.42 Å². The van der Waals surface area contributed by atoms with Crippen molar-refractivity contribution in [2.24, 2.45) is 0 Å². The zero-order chi connectivity index (χ0) is 19.2. The Morgan fingerprint density at radius 1 is 1.15 bits per heavy atom. The van der Waals surface area contributed by atoms with Crippen LogP contribution in [0.25, 0.3) is 11.4 Å². The number of benzene rings is 2. The number of imidazole rings is 1. The first-order valence-corrected chi connectivity index (χ1v) is 9.72. The van der Waals surface area contributed by atoms with Crippen LogP contribution in [0.4, 0.5) is 0 Å². The molecule has 1 aromatic heterocycles. The summed E-state index contributed by atoms with van der Waals surface area (Å²) in [5, 5.41) is 0. The summed E-state index contributed by atoms with van der Waals surface area (Å²) in [5.41, 5.74) is 1.94. The van der Waals surface area contributed by atoms with Gasteiger partial charge in [0.25, 0.3) is 0 Å². The molecule has 0 unspecified atom stereocenters. The van der Waals surface area contributed by atoms with Gasteiger partial charge in [0.1, 0.15) is 17.0 Å². The molecule has 138 valence electrons. The Morgan fingerprint density at radius 2 is 1.85 bits per heavy atom. The van der Waals surface area contributed by atoms with Gasteiger partial charge in [-0.1, -0.05) is 52.3 Å². The highest BCUT2D eigenvalue weighted by molar-refractivity contribution is 9.10. The molecule has 4 nitrogen and oxygen atoms in total. The van der Waals surface area contributed by atoms with E-state index in [4.69, 9.17) is 4.74 Å². The number of carbonyl (C=O) groups is 1. The van der Waals surface area contributed by atoms with E-state index in [1.807, 2.05) is 51.2 Å². The number of halogens is 1. The Balaban J connectivity index is 1.93. The standard InChI is InChI=1S/C22H21BrN2O2/c1-21(2,3)27-19(26)14-22(15-8-10-16(23)11-9-15)18-7-5-4-6-17(18)20-24-12-13-25(20)22/h4-13H,14H2,1-3H3/t22-/m1/s1. The predicted molar refractivity (Wildman–Crippen MR) is 108 cm³/mol. The monoisotopic (exact) mass is 424 g/mol. The smallest absolute Gasteiger partial charge is 0.309 e. The van der Waals surface area contributed by atoms with Crippen LogP contribution in [0.1, 0.15) is 38.3 Å². The third-order valence-corrected chi connectivity index (χ3v) is 5.34. The van der Waals surface area contributed by atoms with Gasteiger partial charge in [0.15, 0.2) is 0 Å². The number of hydrogen-bond acceptors (Lipinski definition) is 3. The third kappa shape index (κ3) is 3.00. The van der Waals surface area contributed by atoms with Crippen LogP contribution >= 0.6 is 15.9 Å². The molecule has 0 aliphatic carbocycles. The first-order valence-electron chi connectivity index (χ1n) is 8.93. The van der Waals surface area contributed by atoms with E-state index >= 15 is 0 Å². The van der Waals surface area contributed by atoms with E-state index in [-0.39, 0.29) is 12.4 Å². The average Bonchev–Trinajstić information content (AvgIpc) is 3.17. The molecule has 0 bridgehead atoms. The van der Waals surface area contributed by atoms with Crippen LogP contribution < -0.4 is 0 Å². The fraction of sp³-hybridized carbons (Fsp3) is 0.273. The average molecular weight is 425 g/mol. The topological polar surface area (TPSA) is 44.1 Å². The van der Waals surface area contributed by atoms with Crippen LogP contribution in [0, 0.1) is 0 Å². The molecular weight excluding hydrogens is 404 g/mol. The van der Waals surface area contributed by atoms with E-state index < -0.39 is 11.1 Å². The summed E-state index contributed by atoms with van der Waals surface area (Å²) in [6, 6.07) is 16.3. The van der Waals surface area contributed by atoms with Crippen LogP contribution in [-0.4, -0.2) is 21.1 Å². The van der Waals surface area contributed by atoms with Gasteiger partial charge in [-0.25, -0.2) is 4.98 Å². The molecule has 4 rings (SSSR count). The van der Waals surface area contributed by atoms with E-state index in [0.717, 1.165) is 27.0 Å². The summed E-state index contributed by atoms with van der Waals surface area (Å²) in [4.78, 5) is 17.5. The van der Waals surface area contributed by atoms with Crippen molar-refractivity contribution in [1.82, 2.24) is 9.55 Å². The SMILES string of the molecule is CC(C)(C)OC(=O)C[C@@]1(c2ccc(Br)cc2)c2ccccc2-c2nccn21. The number of aromatic nitrogens is 2. The summed E-state index contributed by atoms with van der Waals surface area (Å²) in [7, 11) is 0. The quantitative estimate of drug-likeness (QED) is 0.546. The maximum atomic E-state index is 12.9. The zero-order valence-corrected chi connectivity index (χ0v) is 17.2. The van der Waals surface area contributed by atoms with Crippen LogP contribution in [0.5, 0.6) is 0 Å². The molecule has 0 radical (unpaired) electrons. The fourth-order valence-electron chi connectivity index (χ4n) is 3.87. The maximum Gasteiger partial charge on any atom is 0.309 e. The molecule has 1 aliphatic rings. The van der Waals surface area contributed by atoms with E-state index in [9.17, 15) is 4.79 Å². The molecule has 0 amide bonds. The van der Waals surface area contributed by atoms with Gasteiger partial charge in [-0.3, -0.25) is 4.79 Å². The lowest BCUT2D eigenvalue weighted by atomic mass is 9.80. The lowest BCUT2D eigenvalue weighted by Crippen LogP contribution is -2.38. The van der Waals surface area contributed by atoms with Gasteiger partial charge in [0, 0.05) is 22.4 Å². The molecule has 5 heteroatoms. The highest BCUT2D eigenvalue weighted by Crippen LogP contribution is 2.49. The molecule has 0 N–H and O–H groups in total. The summed E-state index contributed by atoms with van der Waals surface area (Å²) in [6.45, 7) is 5.67. The number of ether oxygens (including phenoxy) is 1. The van der Waals surface area contributed by atoms with Crippen molar-refractivity contribution < 1.29 is 9.53 Å². The van der Waals surface area contributed by atoms with Gasteiger partial charge < -0.3 is 9.30 Å². The molecule has 0 saturated heterocycles. The fourth-order valence-corrected chi connectivity index (χ4v) is 4.13. The van der Waals surface area contributed by atoms with Crippen LogP contribution in [-0.2, 0) is 15.1 Å². The Kier molecular flexibility index (Phi) is 4.22. The largest absolute Gasteiger partial charge is 0.460 e. The van der Waals surface area contributed by atoms with Gasteiger partial charge in [-0.05, 0) is 44.0 Å². The summed E-state index contributed by atoms with van der Waals surface area (Å²) < 4.78 is 8.79. The van der Waals surface area contributed by atoms with E-state index in [0.29, 0.717) is 0 Å². The van der Waals surface area contributed by atoms with Crippen molar-refractivity contribution in [2.45, 2.75) is 38.3 Å². The summed E-state index contributed by atoms with van der Waals surface area (Å²) in [6.07, 6.45) is 3.93. The zero-order valence-electron chi connectivity index (χ0n) is 15.6. The van der Waals surface area contributed by atoms with E-state index in [1.54, 1.807) is 6.20 Å². The summed E-state index contributed by atoms with van der Waals surface area (Å²) in [5.74, 6) is 0.638. The van der Waals surface area contributed by atoms with Crippen molar-refractivity contribution in [2.75, 3.05) is 0 Å². The Hall–Kier alpha value is -2.40. The Morgan fingerprint density at radius 3 is 2.56 bits per heavy atom. The van der Waals surface area contributed by atoms with E-state index in [1.165, 1.54) is 0 Å². The van der Waals surface area contributed by atoms with E-state index in [2.05, 4.69) is 49.7 Å². The number of esters is 1. The maximum absolute atomic E-state index is 12.9. The highest BCUT2D eigenvalue weighted by atomic mass is 79.9. The van der Waals surface area contributed by atoms with Gasteiger partial charge in [-0.2, -0.15) is 0 Å². The second-order valence-electron chi connectivity index (χ2n) is 7.80. The third-order valence-electron chi connectivity index (χ3n) is 4.81. The van der Waals surface area contributed by atoms with Crippen LogP contribution in [0.15, 0.2) is 65.4 Å². The van der Waals surface area contributed by atoms with Crippen molar-refractivity contribution >= 4 is 21.9 Å². The first kappa shape index (κ1) is 18.0. The van der Waals surface area contributed by atoms with Crippen LogP contribution in [0.3, 0.4) is 0 Å². The normalized spacial score (nSPS) is 18.1. The molecule has 0 fully saturated rings. The molecule has 2 aromatic carbocycles. The molecule has 1 aliphatic heterocycles. The number of hydrogen-bond donors (Lipinski definition) is 0. The van der Waals surface area contributed by atoms with Gasteiger partial charge in [-0.15, -0.1) is 0 Å². The molecule has 1 atom stereocenters. The first-order chi connectivity index (χ1) is 12.8. The number of rotatable bonds is 3. The Bertz CT molecular complexity index is 1000. The van der Waals surface area contributed by atoms with Crippen molar-refractivity contribution in [3.8, 4) is 11.4 Å². The van der Waals surface area contributed by atoms with Gasteiger partial charge in [0.2, 0.25) is 0 Å². The van der Waals surface area contributed by atoms with Crippen molar-refractivity contribution in [1.29, 1.82) is 0 Å². The minimum atomic E-state index is -0.675. The number of carbonyl (C=O) groups excluding carboxylic acids is 1. The van der Waals surface area contributed by atoms with Crippen molar-refractivity contribution in [3.63, 3.8) is 0 Å². The molecule has 0 saturated carbocycles. The molecule has 27 heavy (non-hydrogen) atoms. The second kappa shape index (κ2) is 6.34. The van der Waals surface area contributed by atoms with Crippen molar-refractivity contribution in [3.05, 3.63) is 76.5 Å². The number of fused-ring (bicyclic) bond motifs is 3. The second-order valence-corrected chi connectivity index (χ2v) is 8.71. The lowest BCUT2D eigenvalue weighted by Gasteiger charge is -2.34.